The Morgan fingerprint density at radius 2 is 2.20 bits per heavy atom. The van der Waals surface area contributed by atoms with E-state index in [4.69, 9.17) is 0 Å². The summed E-state index contributed by atoms with van der Waals surface area (Å²) in [6.07, 6.45) is 0. The maximum Gasteiger partial charge on any atom is 0.253 e. The number of likely N-dealkylation sites (tertiary alicyclic amines) is 1. The molecule has 3 rings (SSSR count). The maximum atomic E-state index is 12.3. The Morgan fingerprint density at radius 3 is 2.90 bits per heavy atom. The molecule has 2 aromatic rings. The number of rotatable bonds is 3. The van der Waals surface area contributed by atoms with Gasteiger partial charge in [0.05, 0.1) is 21.0 Å². The minimum atomic E-state index is -3.04. The lowest BCUT2D eigenvalue weighted by atomic mass is 10.1. The number of amides is 1. The molecule has 0 radical (unpaired) electrons. The van der Waals surface area contributed by atoms with E-state index in [2.05, 4.69) is 4.98 Å². The van der Waals surface area contributed by atoms with Gasteiger partial charge in [-0.2, -0.15) is 0 Å². The molecule has 0 aliphatic carbocycles. The zero-order chi connectivity index (χ0) is 14.3. The number of carbonyl (C=O) groups excluding carboxylic acids is 1. The quantitative estimate of drug-likeness (QED) is 0.863. The predicted molar refractivity (Wildman–Crippen MR) is 78.8 cm³/mol. The van der Waals surface area contributed by atoms with Crippen molar-refractivity contribution in [1.82, 2.24) is 9.88 Å². The second-order valence-corrected chi connectivity index (χ2v) is 8.27. The smallest absolute Gasteiger partial charge is 0.253 e. The van der Waals surface area contributed by atoms with E-state index in [1.165, 1.54) is 11.3 Å². The highest BCUT2D eigenvalue weighted by Crippen LogP contribution is 2.23. The molecule has 1 aliphatic heterocycles. The van der Waals surface area contributed by atoms with E-state index in [0.29, 0.717) is 18.7 Å². The molecule has 1 fully saturated rings. The Morgan fingerprint density at radius 1 is 1.45 bits per heavy atom. The van der Waals surface area contributed by atoms with Gasteiger partial charge in [0.1, 0.15) is 0 Å². The van der Waals surface area contributed by atoms with Crippen LogP contribution in [-0.4, -0.2) is 48.3 Å². The van der Waals surface area contributed by atoms with Gasteiger partial charge >= 0.3 is 0 Å². The second kappa shape index (κ2) is 4.82. The fourth-order valence-corrected chi connectivity index (χ4v) is 4.24. The van der Waals surface area contributed by atoms with Crippen molar-refractivity contribution in [2.45, 2.75) is 12.2 Å². The van der Waals surface area contributed by atoms with Crippen LogP contribution in [0.3, 0.4) is 0 Å². The van der Waals surface area contributed by atoms with Crippen molar-refractivity contribution in [3.8, 4) is 0 Å². The van der Waals surface area contributed by atoms with Crippen molar-refractivity contribution in [3.63, 3.8) is 0 Å². The summed E-state index contributed by atoms with van der Waals surface area (Å²) in [6, 6.07) is 5.38. The zero-order valence-corrected chi connectivity index (χ0v) is 12.6. The standard InChI is InChI=1S/C13H14N2O3S2/c1-2-20(17,18)10-6-15(7-10)13(16)9-3-4-11-12(5-9)19-8-14-11/h3-5,8,10H,2,6-7H2,1H3. The van der Waals surface area contributed by atoms with Gasteiger partial charge in [-0.05, 0) is 18.2 Å². The highest BCUT2D eigenvalue weighted by molar-refractivity contribution is 7.92. The van der Waals surface area contributed by atoms with Gasteiger partial charge < -0.3 is 4.90 Å². The van der Waals surface area contributed by atoms with Crippen molar-refractivity contribution >= 4 is 37.3 Å². The van der Waals surface area contributed by atoms with Crippen LogP contribution in [0, 0.1) is 0 Å². The summed E-state index contributed by atoms with van der Waals surface area (Å²) in [6.45, 7) is 2.24. The normalized spacial score (nSPS) is 16.4. The molecular weight excluding hydrogens is 296 g/mol. The molecule has 2 heterocycles. The van der Waals surface area contributed by atoms with Gasteiger partial charge in [-0.25, -0.2) is 13.4 Å². The summed E-state index contributed by atoms with van der Waals surface area (Å²) in [5.74, 6) is 0.0230. The molecule has 7 heteroatoms. The molecule has 1 saturated heterocycles. The van der Waals surface area contributed by atoms with Crippen LogP contribution in [0.4, 0.5) is 0 Å². The van der Waals surface area contributed by atoms with Crippen LogP contribution >= 0.6 is 11.3 Å². The van der Waals surface area contributed by atoms with Crippen LogP contribution in [0.25, 0.3) is 10.2 Å². The van der Waals surface area contributed by atoms with Crippen LogP contribution in [0.2, 0.25) is 0 Å². The third kappa shape index (κ3) is 2.20. The van der Waals surface area contributed by atoms with Gasteiger partial charge in [0.2, 0.25) is 0 Å². The van der Waals surface area contributed by atoms with E-state index in [0.717, 1.165) is 10.2 Å². The van der Waals surface area contributed by atoms with Crippen LogP contribution in [-0.2, 0) is 9.84 Å². The Balaban J connectivity index is 1.75. The van der Waals surface area contributed by atoms with E-state index in [1.807, 2.05) is 12.1 Å². The largest absolute Gasteiger partial charge is 0.336 e. The maximum absolute atomic E-state index is 12.3. The number of thiazole rings is 1. The molecule has 0 unspecified atom stereocenters. The predicted octanol–water partition coefficient (Wildman–Crippen LogP) is 1.56. The third-order valence-corrected chi connectivity index (χ3v) is 6.53. The van der Waals surface area contributed by atoms with Gasteiger partial charge in [-0.3, -0.25) is 4.79 Å². The van der Waals surface area contributed by atoms with Gasteiger partial charge in [0.25, 0.3) is 5.91 Å². The SMILES string of the molecule is CCS(=O)(=O)C1CN(C(=O)c2ccc3ncsc3c2)C1. The molecule has 1 aromatic carbocycles. The number of hydrogen-bond acceptors (Lipinski definition) is 5. The molecule has 106 valence electrons. The topological polar surface area (TPSA) is 67.3 Å². The highest BCUT2D eigenvalue weighted by Gasteiger charge is 2.38. The Labute approximate surface area is 121 Å². The third-order valence-electron chi connectivity index (χ3n) is 3.62. The lowest BCUT2D eigenvalue weighted by Gasteiger charge is -2.38. The summed E-state index contributed by atoms with van der Waals surface area (Å²) in [7, 11) is -3.04. The number of aromatic nitrogens is 1. The van der Waals surface area contributed by atoms with Crippen molar-refractivity contribution in [2.75, 3.05) is 18.8 Å². The fourth-order valence-electron chi connectivity index (χ4n) is 2.24. The number of nitrogens with zero attached hydrogens (tertiary/aromatic N) is 2. The van der Waals surface area contributed by atoms with Gasteiger partial charge in [-0.1, -0.05) is 6.92 Å². The number of benzene rings is 1. The molecule has 0 bridgehead atoms. The van der Waals surface area contributed by atoms with Crippen LogP contribution in [0.15, 0.2) is 23.7 Å². The Bertz CT molecular complexity index is 761. The summed E-state index contributed by atoms with van der Waals surface area (Å²) < 4.78 is 24.3. The van der Waals surface area contributed by atoms with Crippen LogP contribution in [0.5, 0.6) is 0 Å². The first-order valence-electron chi connectivity index (χ1n) is 6.35. The first-order valence-corrected chi connectivity index (χ1v) is 8.95. The molecule has 1 aliphatic rings. The van der Waals surface area contributed by atoms with E-state index in [-0.39, 0.29) is 11.7 Å². The summed E-state index contributed by atoms with van der Waals surface area (Å²) in [5, 5.41) is -0.399. The highest BCUT2D eigenvalue weighted by atomic mass is 32.2. The first-order chi connectivity index (χ1) is 9.51. The number of fused-ring (bicyclic) bond motifs is 1. The molecule has 0 saturated carbocycles. The minimum Gasteiger partial charge on any atom is -0.336 e. The van der Waals surface area contributed by atoms with Crippen molar-refractivity contribution in [3.05, 3.63) is 29.3 Å². The lowest BCUT2D eigenvalue weighted by molar-refractivity contribution is 0.0659. The molecule has 1 amide bonds. The minimum absolute atomic E-state index is 0.108. The van der Waals surface area contributed by atoms with Crippen LogP contribution in [0.1, 0.15) is 17.3 Å². The summed E-state index contributed by atoms with van der Waals surface area (Å²) in [4.78, 5) is 18.0. The lowest BCUT2D eigenvalue weighted by Crippen LogP contribution is -2.57. The average molecular weight is 310 g/mol. The first kappa shape index (κ1) is 13.5. The van der Waals surface area contributed by atoms with Gasteiger partial charge in [0.15, 0.2) is 9.84 Å². The van der Waals surface area contributed by atoms with E-state index in [1.54, 1.807) is 23.4 Å². The van der Waals surface area contributed by atoms with Crippen molar-refractivity contribution in [2.24, 2.45) is 0 Å². The molecule has 1 aromatic heterocycles. The van der Waals surface area contributed by atoms with Crippen molar-refractivity contribution < 1.29 is 13.2 Å². The average Bonchev–Trinajstić information content (AvgIpc) is 2.83. The van der Waals surface area contributed by atoms with E-state index in [9.17, 15) is 13.2 Å². The number of hydrogen-bond donors (Lipinski definition) is 0. The van der Waals surface area contributed by atoms with Crippen molar-refractivity contribution in [1.29, 1.82) is 0 Å². The summed E-state index contributed by atoms with van der Waals surface area (Å²) in [5.41, 5.74) is 3.21. The second-order valence-electron chi connectivity index (χ2n) is 4.82. The Hall–Kier alpha value is -1.47. The number of sulfone groups is 1. The Kier molecular flexibility index (Phi) is 3.25. The van der Waals surface area contributed by atoms with E-state index < -0.39 is 15.1 Å². The molecule has 0 N–H and O–H groups in total. The molecule has 20 heavy (non-hydrogen) atoms. The monoisotopic (exact) mass is 310 g/mol. The van der Waals surface area contributed by atoms with E-state index >= 15 is 0 Å². The van der Waals surface area contributed by atoms with Gasteiger partial charge in [0, 0.05) is 24.4 Å². The van der Waals surface area contributed by atoms with Gasteiger partial charge in [-0.15, -0.1) is 11.3 Å². The molecule has 0 spiro atoms. The molecular formula is C13H14N2O3S2. The summed E-state index contributed by atoms with van der Waals surface area (Å²) >= 11 is 1.49. The van der Waals surface area contributed by atoms with Crippen LogP contribution < -0.4 is 0 Å². The fraction of sp³-hybridized carbons (Fsp3) is 0.385. The number of carbonyl (C=O) groups is 1. The molecule has 0 atom stereocenters. The zero-order valence-electron chi connectivity index (χ0n) is 10.9. The molecule has 5 nitrogen and oxygen atoms in total.